The van der Waals surface area contributed by atoms with Gasteiger partial charge in [-0.2, -0.15) is 0 Å². The first-order valence-electron chi connectivity index (χ1n) is 6.21. The van der Waals surface area contributed by atoms with E-state index in [-0.39, 0.29) is 11.9 Å². The van der Waals surface area contributed by atoms with E-state index in [4.69, 9.17) is 10.5 Å². The molecule has 6 nitrogen and oxygen atoms in total. The molecule has 1 unspecified atom stereocenters. The zero-order valence-corrected chi connectivity index (χ0v) is 12.5. The maximum Gasteiger partial charge on any atom is 0.270 e. The Morgan fingerprint density at radius 3 is 2.95 bits per heavy atom. The van der Waals surface area contributed by atoms with Crippen molar-refractivity contribution in [1.29, 1.82) is 0 Å². The fourth-order valence-electron chi connectivity index (χ4n) is 1.41. The number of thiazole rings is 1. The first-order chi connectivity index (χ1) is 9.04. The van der Waals surface area contributed by atoms with Gasteiger partial charge in [-0.25, -0.2) is 4.98 Å². The SMILES string of the molecule is COCCN(C)CCNC(=O)c1csc(C(C)N)n1. The van der Waals surface area contributed by atoms with Gasteiger partial charge in [0, 0.05) is 32.1 Å². The van der Waals surface area contributed by atoms with Crippen molar-refractivity contribution in [1.82, 2.24) is 15.2 Å². The van der Waals surface area contributed by atoms with E-state index in [0.29, 0.717) is 18.8 Å². The molecule has 0 aliphatic rings. The Bertz CT molecular complexity index is 395. The lowest BCUT2D eigenvalue weighted by atomic mass is 10.4. The molecule has 0 aliphatic heterocycles. The third kappa shape index (κ3) is 5.65. The molecule has 0 bridgehead atoms. The standard InChI is InChI=1S/C12H22N4O2S/c1-9(13)12-15-10(8-19-12)11(17)14-4-5-16(2)6-7-18-3/h8-9H,4-7,13H2,1-3H3,(H,14,17). The second-order valence-electron chi connectivity index (χ2n) is 4.41. The molecule has 7 heteroatoms. The van der Waals surface area contributed by atoms with Crippen LogP contribution in [0.2, 0.25) is 0 Å². The minimum absolute atomic E-state index is 0.133. The summed E-state index contributed by atoms with van der Waals surface area (Å²) >= 11 is 1.41. The van der Waals surface area contributed by atoms with Crippen LogP contribution in [0.25, 0.3) is 0 Å². The number of nitrogens with zero attached hydrogens (tertiary/aromatic N) is 2. The summed E-state index contributed by atoms with van der Waals surface area (Å²) < 4.78 is 4.98. The van der Waals surface area contributed by atoms with Crippen molar-refractivity contribution in [3.8, 4) is 0 Å². The average Bonchev–Trinajstić information content (AvgIpc) is 2.86. The zero-order valence-electron chi connectivity index (χ0n) is 11.7. The van der Waals surface area contributed by atoms with E-state index < -0.39 is 0 Å². The molecule has 1 aromatic heterocycles. The van der Waals surface area contributed by atoms with Gasteiger partial charge in [-0.15, -0.1) is 11.3 Å². The monoisotopic (exact) mass is 286 g/mol. The van der Waals surface area contributed by atoms with Crippen molar-refractivity contribution >= 4 is 17.2 Å². The summed E-state index contributed by atoms with van der Waals surface area (Å²) in [6.45, 7) is 4.75. The smallest absolute Gasteiger partial charge is 0.270 e. The Labute approximate surface area is 118 Å². The first-order valence-corrected chi connectivity index (χ1v) is 7.09. The molecule has 0 saturated heterocycles. The van der Waals surface area contributed by atoms with E-state index >= 15 is 0 Å². The summed E-state index contributed by atoms with van der Waals surface area (Å²) in [4.78, 5) is 18.1. The molecule has 19 heavy (non-hydrogen) atoms. The van der Waals surface area contributed by atoms with Crippen LogP contribution in [0.1, 0.15) is 28.5 Å². The number of nitrogens with two attached hydrogens (primary N) is 1. The topological polar surface area (TPSA) is 80.5 Å². The van der Waals surface area contributed by atoms with Gasteiger partial charge < -0.3 is 20.7 Å². The summed E-state index contributed by atoms with van der Waals surface area (Å²) in [6, 6.07) is -0.133. The van der Waals surface area contributed by atoms with E-state index in [9.17, 15) is 4.79 Å². The van der Waals surface area contributed by atoms with Crippen molar-refractivity contribution < 1.29 is 9.53 Å². The lowest BCUT2D eigenvalue weighted by Gasteiger charge is -2.15. The molecular formula is C12H22N4O2S. The minimum atomic E-state index is -0.150. The summed E-state index contributed by atoms with van der Waals surface area (Å²) in [5.74, 6) is -0.150. The predicted molar refractivity (Wildman–Crippen MR) is 76.4 cm³/mol. The van der Waals surface area contributed by atoms with Crippen molar-refractivity contribution in [2.75, 3.05) is 40.4 Å². The van der Waals surface area contributed by atoms with Gasteiger partial charge in [-0.3, -0.25) is 4.79 Å². The molecule has 1 aromatic rings. The number of carbonyl (C=O) groups excluding carboxylic acids is 1. The van der Waals surface area contributed by atoms with Crippen molar-refractivity contribution in [2.24, 2.45) is 5.73 Å². The second kappa shape index (κ2) is 8.21. The summed E-state index contributed by atoms with van der Waals surface area (Å²) in [6.07, 6.45) is 0. The van der Waals surface area contributed by atoms with E-state index in [1.807, 2.05) is 14.0 Å². The normalized spacial score (nSPS) is 12.7. The van der Waals surface area contributed by atoms with Gasteiger partial charge >= 0.3 is 0 Å². The van der Waals surface area contributed by atoms with Crippen LogP contribution in [0.4, 0.5) is 0 Å². The molecule has 0 radical (unpaired) electrons. The number of hydrogen-bond acceptors (Lipinski definition) is 6. The number of nitrogens with one attached hydrogen (secondary N) is 1. The Hall–Kier alpha value is -1.02. The van der Waals surface area contributed by atoms with Crippen LogP contribution in [0.15, 0.2) is 5.38 Å². The third-order valence-corrected chi connectivity index (χ3v) is 3.65. The molecule has 108 valence electrons. The molecule has 0 aromatic carbocycles. The van der Waals surface area contributed by atoms with Gasteiger partial charge in [-0.1, -0.05) is 0 Å². The molecule has 0 saturated carbocycles. The molecule has 0 fully saturated rings. The molecule has 0 spiro atoms. The Kier molecular flexibility index (Phi) is 6.93. The van der Waals surface area contributed by atoms with E-state index in [1.54, 1.807) is 12.5 Å². The van der Waals surface area contributed by atoms with Crippen LogP contribution in [-0.2, 0) is 4.74 Å². The number of rotatable bonds is 8. The highest BCUT2D eigenvalue weighted by Crippen LogP contribution is 2.15. The molecule has 0 aliphatic carbocycles. The lowest BCUT2D eigenvalue weighted by Crippen LogP contribution is -2.34. The Morgan fingerprint density at radius 1 is 1.63 bits per heavy atom. The predicted octanol–water partition coefficient (Wildman–Crippen LogP) is 0.471. The highest BCUT2D eigenvalue weighted by atomic mass is 32.1. The van der Waals surface area contributed by atoms with Gasteiger partial charge in [-0.05, 0) is 14.0 Å². The molecule has 1 heterocycles. The first kappa shape index (κ1) is 16.0. The molecule has 3 N–H and O–H groups in total. The quantitative estimate of drug-likeness (QED) is 0.726. The number of methoxy groups -OCH3 is 1. The largest absolute Gasteiger partial charge is 0.383 e. The number of aromatic nitrogens is 1. The van der Waals surface area contributed by atoms with Crippen LogP contribution in [0.3, 0.4) is 0 Å². The molecular weight excluding hydrogens is 264 g/mol. The van der Waals surface area contributed by atoms with Crippen molar-refractivity contribution in [3.05, 3.63) is 16.1 Å². The summed E-state index contributed by atoms with van der Waals surface area (Å²) in [7, 11) is 3.66. The summed E-state index contributed by atoms with van der Waals surface area (Å²) in [5.41, 5.74) is 6.15. The molecule has 1 amide bonds. The van der Waals surface area contributed by atoms with Crippen LogP contribution in [0.5, 0.6) is 0 Å². The highest BCUT2D eigenvalue weighted by molar-refractivity contribution is 7.09. The van der Waals surface area contributed by atoms with Crippen molar-refractivity contribution in [3.63, 3.8) is 0 Å². The maximum atomic E-state index is 11.8. The van der Waals surface area contributed by atoms with E-state index in [0.717, 1.165) is 18.1 Å². The van der Waals surface area contributed by atoms with Gasteiger partial charge in [0.25, 0.3) is 5.91 Å². The van der Waals surface area contributed by atoms with E-state index in [1.165, 1.54) is 11.3 Å². The number of hydrogen-bond donors (Lipinski definition) is 2. The van der Waals surface area contributed by atoms with Crippen molar-refractivity contribution in [2.45, 2.75) is 13.0 Å². The number of ether oxygens (including phenoxy) is 1. The fourth-order valence-corrected chi connectivity index (χ4v) is 2.17. The Balaban J connectivity index is 2.30. The Morgan fingerprint density at radius 2 is 2.37 bits per heavy atom. The fraction of sp³-hybridized carbons (Fsp3) is 0.667. The summed E-state index contributed by atoms with van der Waals surface area (Å²) in [5, 5.41) is 5.36. The maximum absolute atomic E-state index is 11.8. The molecule has 1 atom stereocenters. The van der Waals surface area contributed by atoms with Crippen LogP contribution >= 0.6 is 11.3 Å². The minimum Gasteiger partial charge on any atom is -0.383 e. The van der Waals surface area contributed by atoms with Crippen LogP contribution in [0, 0.1) is 0 Å². The third-order valence-electron chi connectivity index (χ3n) is 2.60. The number of amides is 1. The van der Waals surface area contributed by atoms with Crippen LogP contribution in [-0.4, -0.2) is 56.2 Å². The average molecular weight is 286 g/mol. The van der Waals surface area contributed by atoms with Crippen LogP contribution < -0.4 is 11.1 Å². The van der Waals surface area contributed by atoms with Gasteiger partial charge in [0.05, 0.1) is 12.6 Å². The van der Waals surface area contributed by atoms with Gasteiger partial charge in [0.2, 0.25) is 0 Å². The number of likely N-dealkylation sites (N-methyl/N-ethyl adjacent to an activating group) is 1. The van der Waals surface area contributed by atoms with Gasteiger partial charge in [0.1, 0.15) is 10.7 Å². The van der Waals surface area contributed by atoms with Gasteiger partial charge in [0.15, 0.2) is 0 Å². The molecule has 1 rings (SSSR count). The number of carbonyl (C=O) groups is 1. The lowest BCUT2D eigenvalue weighted by molar-refractivity contribution is 0.0943. The zero-order chi connectivity index (χ0) is 14.3. The highest BCUT2D eigenvalue weighted by Gasteiger charge is 2.12. The van der Waals surface area contributed by atoms with E-state index in [2.05, 4.69) is 15.2 Å². The second-order valence-corrected chi connectivity index (χ2v) is 5.30.